The van der Waals surface area contributed by atoms with E-state index in [-0.39, 0.29) is 6.61 Å². The highest BCUT2D eigenvalue weighted by Crippen LogP contribution is 2.31. The zero-order chi connectivity index (χ0) is 10.8. The summed E-state index contributed by atoms with van der Waals surface area (Å²) in [4.78, 5) is 10.9. The van der Waals surface area contributed by atoms with Crippen LogP contribution in [0.25, 0.3) is 10.1 Å². The number of carboxylic acid groups (broad SMARTS) is 1. The third-order valence-corrected chi connectivity index (χ3v) is 3.35. The van der Waals surface area contributed by atoms with Crippen LogP contribution >= 0.6 is 11.3 Å². The SMILES string of the molecule is O=C(O)C(CO)c1csc2ccccc12. The average molecular weight is 222 g/mol. The van der Waals surface area contributed by atoms with Gasteiger partial charge in [-0.15, -0.1) is 11.3 Å². The Labute approximate surface area is 90.6 Å². The standard InChI is InChI=1S/C11H10O3S/c12-5-8(11(13)14)9-6-15-10-4-2-1-3-7(9)10/h1-4,6,8,12H,5H2,(H,13,14). The van der Waals surface area contributed by atoms with Gasteiger partial charge in [0, 0.05) is 4.70 Å². The number of aliphatic carboxylic acids is 1. The highest BCUT2D eigenvalue weighted by molar-refractivity contribution is 7.17. The lowest BCUT2D eigenvalue weighted by atomic mass is 10.00. The summed E-state index contributed by atoms with van der Waals surface area (Å²) in [6, 6.07) is 7.61. The smallest absolute Gasteiger partial charge is 0.313 e. The Balaban J connectivity index is 2.55. The van der Waals surface area contributed by atoms with Gasteiger partial charge in [-0.2, -0.15) is 0 Å². The van der Waals surface area contributed by atoms with Crippen molar-refractivity contribution in [3.05, 3.63) is 35.2 Å². The molecule has 0 fully saturated rings. The summed E-state index contributed by atoms with van der Waals surface area (Å²) in [6.45, 7) is -0.365. The Kier molecular flexibility index (Phi) is 2.70. The van der Waals surface area contributed by atoms with Gasteiger partial charge in [0.1, 0.15) is 5.92 Å². The number of carbonyl (C=O) groups is 1. The number of thiophene rings is 1. The molecule has 1 unspecified atom stereocenters. The van der Waals surface area contributed by atoms with Crippen LogP contribution in [0.2, 0.25) is 0 Å². The van der Waals surface area contributed by atoms with Crippen molar-refractivity contribution in [2.75, 3.05) is 6.61 Å². The molecule has 78 valence electrons. The summed E-state index contributed by atoms with van der Waals surface area (Å²) in [6.07, 6.45) is 0. The normalized spacial score (nSPS) is 12.9. The van der Waals surface area contributed by atoms with Gasteiger partial charge in [-0.25, -0.2) is 0 Å². The molecule has 0 aliphatic rings. The van der Waals surface area contributed by atoms with E-state index in [1.54, 1.807) is 5.38 Å². The van der Waals surface area contributed by atoms with Gasteiger partial charge < -0.3 is 10.2 Å². The van der Waals surface area contributed by atoms with Gasteiger partial charge in [0.2, 0.25) is 0 Å². The minimum absolute atomic E-state index is 0.365. The number of hydrogen-bond acceptors (Lipinski definition) is 3. The lowest BCUT2D eigenvalue weighted by Crippen LogP contribution is -2.14. The van der Waals surface area contributed by atoms with E-state index in [9.17, 15) is 4.79 Å². The predicted molar refractivity (Wildman–Crippen MR) is 59.3 cm³/mol. The van der Waals surface area contributed by atoms with Crippen LogP contribution in [0.3, 0.4) is 0 Å². The van der Waals surface area contributed by atoms with Gasteiger partial charge in [-0.1, -0.05) is 18.2 Å². The van der Waals surface area contributed by atoms with Crippen molar-refractivity contribution in [1.82, 2.24) is 0 Å². The first-order valence-electron chi connectivity index (χ1n) is 4.54. The fourth-order valence-electron chi connectivity index (χ4n) is 1.58. The summed E-state index contributed by atoms with van der Waals surface area (Å²) in [7, 11) is 0. The molecular weight excluding hydrogens is 212 g/mol. The van der Waals surface area contributed by atoms with Crippen LogP contribution in [-0.2, 0) is 4.79 Å². The van der Waals surface area contributed by atoms with E-state index in [0.717, 1.165) is 10.1 Å². The van der Waals surface area contributed by atoms with Gasteiger partial charge in [0.05, 0.1) is 6.61 Å². The number of aliphatic hydroxyl groups is 1. The van der Waals surface area contributed by atoms with Crippen molar-refractivity contribution >= 4 is 27.4 Å². The highest BCUT2D eigenvalue weighted by atomic mass is 32.1. The van der Waals surface area contributed by atoms with E-state index in [0.29, 0.717) is 5.56 Å². The molecule has 1 atom stereocenters. The van der Waals surface area contributed by atoms with Crippen molar-refractivity contribution in [2.24, 2.45) is 0 Å². The topological polar surface area (TPSA) is 57.5 Å². The minimum atomic E-state index is -0.985. The van der Waals surface area contributed by atoms with Gasteiger partial charge >= 0.3 is 5.97 Å². The van der Waals surface area contributed by atoms with Crippen molar-refractivity contribution < 1.29 is 15.0 Å². The molecule has 0 aliphatic carbocycles. The summed E-state index contributed by atoms with van der Waals surface area (Å²) in [5, 5.41) is 20.7. The Morgan fingerprint density at radius 1 is 1.40 bits per heavy atom. The number of rotatable bonds is 3. The van der Waals surface area contributed by atoms with Gasteiger partial charge in [-0.3, -0.25) is 4.79 Å². The summed E-state index contributed by atoms with van der Waals surface area (Å²) in [5.74, 6) is -1.80. The molecule has 1 aromatic heterocycles. The number of aliphatic hydroxyl groups excluding tert-OH is 1. The zero-order valence-electron chi connectivity index (χ0n) is 7.88. The van der Waals surface area contributed by atoms with E-state index in [2.05, 4.69) is 0 Å². The lowest BCUT2D eigenvalue weighted by Gasteiger charge is -2.07. The van der Waals surface area contributed by atoms with Crippen molar-refractivity contribution in [3.63, 3.8) is 0 Å². The fourth-order valence-corrected chi connectivity index (χ4v) is 2.59. The van der Waals surface area contributed by atoms with Gasteiger partial charge in [0.25, 0.3) is 0 Å². The Morgan fingerprint density at radius 2 is 2.13 bits per heavy atom. The molecule has 0 aliphatic heterocycles. The second kappa shape index (κ2) is 4.00. The van der Waals surface area contributed by atoms with E-state index in [1.807, 2.05) is 24.3 Å². The first kappa shape index (κ1) is 10.1. The molecule has 4 heteroatoms. The van der Waals surface area contributed by atoms with Crippen LogP contribution in [0.5, 0.6) is 0 Å². The molecule has 0 spiro atoms. The molecule has 2 N–H and O–H groups in total. The Morgan fingerprint density at radius 3 is 2.80 bits per heavy atom. The predicted octanol–water partition coefficient (Wildman–Crippen LogP) is 2.06. The summed E-state index contributed by atoms with van der Waals surface area (Å²) >= 11 is 1.50. The Bertz CT molecular complexity index is 489. The molecule has 0 saturated carbocycles. The molecule has 15 heavy (non-hydrogen) atoms. The number of benzene rings is 1. The molecule has 3 nitrogen and oxygen atoms in total. The Hall–Kier alpha value is -1.39. The van der Waals surface area contributed by atoms with Crippen LogP contribution in [-0.4, -0.2) is 22.8 Å². The fraction of sp³-hybridized carbons (Fsp3) is 0.182. The van der Waals surface area contributed by atoms with Crippen LogP contribution in [0.4, 0.5) is 0 Å². The van der Waals surface area contributed by atoms with E-state index >= 15 is 0 Å². The second-order valence-electron chi connectivity index (χ2n) is 3.26. The number of hydrogen-bond donors (Lipinski definition) is 2. The molecule has 0 bridgehead atoms. The maximum atomic E-state index is 10.9. The number of fused-ring (bicyclic) bond motifs is 1. The molecule has 2 aromatic rings. The maximum absolute atomic E-state index is 10.9. The van der Waals surface area contributed by atoms with Crippen LogP contribution in [0.1, 0.15) is 11.5 Å². The summed E-state index contributed by atoms with van der Waals surface area (Å²) < 4.78 is 1.05. The molecule has 1 aromatic carbocycles. The third-order valence-electron chi connectivity index (χ3n) is 2.37. The van der Waals surface area contributed by atoms with Gasteiger partial charge in [0.15, 0.2) is 0 Å². The van der Waals surface area contributed by atoms with E-state index < -0.39 is 11.9 Å². The first-order chi connectivity index (χ1) is 7.24. The molecule has 0 amide bonds. The second-order valence-corrected chi connectivity index (χ2v) is 4.17. The number of carboxylic acids is 1. The van der Waals surface area contributed by atoms with Crippen molar-refractivity contribution in [2.45, 2.75) is 5.92 Å². The van der Waals surface area contributed by atoms with Gasteiger partial charge in [-0.05, 0) is 22.4 Å². The largest absolute Gasteiger partial charge is 0.481 e. The first-order valence-corrected chi connectivity index (χ1v) is 5.42. The highest BCUT2D eigenvalue weighted by Gasteiger charge is 2.21. The molecular formula is C11H10O3S. The van der Waals surface area contributed by atoms with Crippen molar-refractivity contribution in [1.29, 1.82) is 0 Å². The molecule has 1 heterocycles. The van der Waals surface area contributed by atoms with Crippen molar-refractivity contribution in [3.8, 4) is 0 Å². The molecule has 0 radical (unpaired) electrons. The monoisotopic (exact) mass is 222 g/mol. The average Bonchev–Trinajstić information content (AvgIpc) is 2.63. The quantitative estimate of drug-likeness (QED) is 0.835. The molecule has 2 rings (SSSR count). The molecule has 0 saturated heterocycles. The van der Waals surface area contributed by atoms with E-state index in [1.165, 1.54) is 11.3 Å². The van der Waals surface area contributed by atoms with E-state index in [4.69, 9.17) is 10.2 Å². The van der Waals surface area contributed by atoms with Crippen LogP contribution < -0.4 is 0 Å². The third kappa shape index (κ3) is 1.73. The lowest BCUT2D eigenvalue weighted by molar-refractivity contribution is -0.139. The van der Waals surface area contributed by atoms with Crippen LogP contribution in [0, 0.1) is 0 Å². The minimum Gasteiger partial charge on any atom is -0.481 e. The summed E-state index contributed by atoms with van der Waals surface area (Å²) in [5.41, 5.74) is 0.700. The maximum Gasteiger partial charge on any atom is 0.313 e. The zero-order valence-corrected chi connectivity index (χ0v) is 8.70. The van der Waals surface area contributed by atoms with Crippen LogP contribution in [0.15, 0.2) is 29.6 Å².